The first-order valence-corrected chi connectivity index (χ1v) is 10.2. The fourth-order valence-corrected chi connectivity index (χ4v) is 4.42. The Balaban J connectivity index is 1.92. The van der Waals surface area contributed by atoms with Crippen LogP contribution in [0.4, 0.5) is 18.0 Å². The topological polar surface area (TPSA) is 56.2 Å². The molecule has 0 radical (unpaired) electrons. The molecule has 2 atom stereocenters. The molecule has 2 aliphatic heterocycles. The van der Waals surface area contributed by atoms with E-state index in [0.717, 1.165) is 24.3 Å². The van der Waals surface area contributed by atoms with E-state index in [1.54, 1.807) is 6.92 Å². The molecule has 0 aliphatic carbocycles. The molecule has 9 heteroatoms. The second-order valence-corrected chi connectivity index (χ2v) is 8.38. The molecule has 0 aromatic heterocycles. The molecule has 1 aromatic rings. The summed E-state index contributed by atoms with van der Waals surface area (Å²) in [4.78, 5) is 16.2. The van der Waals surface area contributed by atoms with Crippen molar-refractivity contribution in [2.24, 2.45) is 0 Å². The number of methoxy groups -OCH3 is 1. The van der Waals surface area contributed by atoms with Crippen molar-refractivity contribution in [1.82, 2.24) is 14.7 Å². The lowest BCUT2D eigenvalue weighted by Gasteiger charge is -2.52. The maximum atomic E-state index is 13.1. The summed E-state index contributed by atoms with van der Waals surface area (Å²) < 4.78 is 92.6. The first-order valence-electron chi connectivity index (χ1n) is 13.2. The van der Waals surface area contributed by atoms with Crippen LogP contribution in [0.2, 0.25) is 0 Å². The van der Waals surface area contributed by atoms with Crippen LogP contribution in [0.5, 0.6) is 0 Å². The quantitative estimate of drug-likeness (QED) is 0.738. The number of likely N-dealkylation sites (tertiary alicyclic amines) is 1. The van der Waals surface area contributed by atoms with E-state index < -0.39 is 43.5 Å². The number of ether oxygens (including phenoxy) is 1. The number of alkyl halides is 3. The van der Waals surface area contributed by atoms with Gasteiger partial charge in [-0.05, 0) is 44.4 Å². The SMILES string of the molecule is [2H]C([2H])([2H])OC([2H])([2H])[C@@]([2H])(c1ccc(C(F)(F)F)cc1)N1CCN(C2(C)CCN(C(=O)O)CC2)C[C@@H]1C. The molecule has 1 N–H and O–H groups in total. The molecule has 2 fully saturated rings. The van der Waals surface area contributed by atoms with Gasteiger partial charge in [0.25, 0.3) is 0 Å². The van der Waals surface area contributed by atoms with E-state index in [4.69, 9.17) is 11.6 Å². The molecular weight excluding hydrogens is 411 g/mol. The lowest BCUT2D eigenvalue weighted by Crippen LogP contribution is -2.62. The van der Waals surface area contributed by atoms with Crippen LogP contribution in [0.15, 0.2) is 24.3 Å². The largest absolute Gasteiger partial charge is 0.465 e. The van der Waals surface area contributed by atoms with Crippen LogP contribution < -0.4 is 0 Å². The molecule has 31 heavy (non-hydrogen) atoms. The van der Waals surface area contributed by atoms with E-state index in [2.05, 4.69) is 4.90 Å². The van der Waals surface area contributed by atoms with Gasteiger partial charge in [-0.25, -0.2) is 4.79 Å². The maximum absolute atomic E-state index is 13.1. The predicted molar refractivity (Wildman–Crippen MR) is 111 cm³/mol. The number of carbonyl (C=O) groups is 1. The fourth-order valence-electron chi connectivity index (χ4n) is 4.42. The third-order valence-corrected chi connectivity index (χ3v) is 6.42. The third-order valence-electron chi connectivity index (χ3n) is 6.42. The summed E-state index contributed by atoms with van der Waals surface area (Å²) >= 11 is 0. The Morgan fingerprint density at radius 2 is 1.97 bits per heavy atom. The molecule has 0 spiro atoms. The molecular formula is C22H32F3N3O3. The Morgan fingerprint density at radius 3 is 2.48 bits per heavy atom. The second kappa shape index (κ2) is 9.34. The summed E-state index contributed by atoms with van der Waals surface area (Å²) in [6, 6.07) is 0.449. The summed E-state index contributed by atoms with van der Waals surface area (Å²) in [5, 5.41) is 9.25. The van der Waals surface area contributed by atoms with Gasteiger partial charge in [-0.15, -0.1) is 0 Å². The molecule has 0 bridgehead atoms. The van der Waals surface area contributed by atoms with Crippen molar-refractivity contribution in [3.8, 4) is 0 Å². The van der Waals surface area contributed by atoms with Crippen molar-refractivity contribution < 1.29 is 36.0 Å². The highest BCUT2D eigenvalue weighted by molar-refractivity contribution is 5.65. The van der Waals surface area contributed by atoms with Gasteiger partial charge in [0.1, 0.15) is 0 Å². The Hall–Kier alpha value is -1.84. The zero-order chi connectivity index (χ0) is 28.0. The Kier molecular flexibility index (Phi) is 5.05. The van der Waals surface area contributed by atoms with Crippen molar-refractivity contribution in [2.45, 2.75) is 50.5 Å². The van der Waals surface area contributed by atoms with Gasteiger partial charge in [0, 0.05) is 51.3 Å². The molecule has 2 aliphatic rings. The van der Waals surface area contributed by atoms with Crippen molar-refractivity contribution in [3.05, 3.63) is 35.4 Å². The fraction of sp³-hybridized carbons (Fsp3) is 0.682. The first-order chi connectivity index (χ1) is 16.8. The van der Waals surface area contributed by atoms with Crippen molar-refractivity contribution in [1.29, 1.82) is 0 Å². The lowest BCUT2D eigenvalue weighted by atomic mass is 9.86. The number of piperazine rings is 1. The van der Waals surface area contributed by atoms with Gasteiger partial charge in [-0.3, -0.25) is 9.80 Å². The molecule has 6 nitrogen and oxygen atoms in total. The van der Waals surface area contributed by atoms with Crippen LogP contribution in [-0.4, -0.2) is 83.8 Å². The minimum Gasteiger partial charge on any atom is -0.465 e. The third kappa shape index (κ3) is 5.32. The molecule has 3 rings (SSSR count). The van der Waals surface area contributed by atoms with E-state index >= 15 is 0 Å². The molecule has 1 amide bonds. The van der Waals surface area contributed by atoms with E-state index in [1.165, 1.54) is 9.80 Å². The standard InChI is InChI=1S/C22H32F3N3O3/c1-16-14-27(21(2)8-10-26(11-9-21)20(29)30)12-13-28(16)19(15-31-3)17-4-6-18(7-5-17)22(23,24)25/h4-7,16,19H,8-15H2,1-3H3,(H,29,30)/t16-,19-/m0/s1/i3D3,15D2,19D. The van der Waals surface area contributed by atoms with Gasteiger partial charge < -0.3 is 14.7 Å². The Labute approximate surface area is 190 Å². The molecule has 1 aromatic carbocycles. The number of hydrogen-bond donors (Lipinski definition) is 1. The number of hydrogen-bond acceptors (Lipinski definition) is 4. The number of amides is 1. The summed E-state index contributed by atoms with van der Waals surface area (Å²) in [6.45, 7) is 2.19. The van der Waals surface area contributed by atoms with Crippen LogP contribution in [-0.2, 0) is 10.9 Å². The minimum absolute atomic E-state index is 0.105. The Morgan fingerprint density at radius 1 is 1.32 bits per heavy atom. The zero-order valence-electron chi connectivity index (χ0n) is 23.6. The summed E-state index contributed by atoms with van der Waals surface area (Å²) in [5.41, 5.74) is -1.48. The minimum atomic E-state index is -4.64. The molecule has 174 valence electrons. The number of nitrogens with zero attached hydrogens (tertiary/aromatic N) is 3. The average molecular weight is 450 g/mol. The van der Waals surface area contributed by atoms with E-state index in [0.29, 0.717) is 39.0 Å². The maximum Gasteiger partial charge on any atom is 0.416 e. The lowest BCUT2D eigenvalue weighted by molar-refractivity contribution is -0.137. The number of rotatable bonds is 5. The Bertz CT molecular complexity index is 971. The number of carboxylic acid groups (broad SMARTS) is 1. The number of benzene rings is 1. The molecule has 0 unspecified atom stereocenters. The van der Waals surface area contributed by atoms with Crippen molar-refractivity contribution >= 4 is 6.09 Å². The highest BCUT2D eigenvalue weighted by atomic mass is 19.4. The van der Waals surface area contributed by atoms with Crippen LogP contribution >= 0.6 is 0 Å². The zero-order valence-corrected chi connectivity index (χ0v) is 17.6. The van der Waals surface area contributed by atoms with Crippen molar-refractivity contribution in [3.63, 3.8) is 0 Å². The monoisotopic (exact) mass is 449 g/mol. The summed E-state index contributed by atoms with van der Waals surface area (Å²) in [7, 11) is -3.20. The molecule has 0 saturated carbocycles. The van der Waals surface area contributed by atoms with Crippen LogP contribution in [0, 0.1) is 0 Å². The average Bonchev–Trinajstić information content (AvgIpc) is 2.76. The van der Waals surface area contributed by atoms with Crippen LogP contribution in [0.25, 0.3) is 0 Å². The summed E-state index contributed by atoms with van der Waals surface area (Å²) in [6.07, 6.45) is -4.45. The van der Waals surface area contributed by atoms with Gasteiger partial charge in [-0.1, -0.05) is 12.1 Å². The normalized spacial score (nSPS) is 28.9. The first kappa shape index (κ1) is 16.7. The second-order valence-electron chi connectivity index (χ2n) is 8.38. The smallest absolute Gasteiger partial charge is 0.416 e. The highest BCUT2D eigenvalue weighted by Crippen LogP contribution is 2.35. The van der Waals surface area contributed by atoms with Gasteiger partial charge in [0.2, 0.25) is 0 Å². The van der Waals surface area contributed by atoms with Crippen molar-refractivity contribution in [2.75, 3.05) is 46.3 Å². The van der Waals surface area contributed by atoms with Gasteiger partial charge in [0.05, 0.1) is 26.4 Å². The van der Waals surface area contributed by atoms with E-state index in [-0.39, 0.29) is 17.6 Å². The molecule has 2 heterocycles. The van der Waals surface area contributed by atoms with Crippen LogP contribution in [0.3, 0.4) is 0 Å². The van der Waals surface area contributed by atoms with E-state index in [1.807, 2.05) is 6.92 Å². The van der Waals surface area contributed by atoms with Crippen LogP contribution in [0.1, 0.15) is 52.1 Å². The van der Waals surface area contributed by atoms with Gasteiger partial charge in [-0.2, -0.15) is 13.2 Å². The summed E-state index contributed by atoms with van der Waals surface area (Å²) in [5.74, 6) is 0. The number of halogens is 3. The molecule has 2 saturated heterocycles. The highest BCUT2D eigenvalue weighted by Gasteiger charge is 2.41. The number of piperidine rings is 1. The van der Waals surface area contributed by atoms with Gasteiger partial charge >= 0.3 is 12.3 Å². The van der Waals surface area contributed by atoms with Gasteiger partial charge in [0.15, 0.2) is 0 Å². The predicted octanol–water partition coefficient (Wildman–Crippen LogP) is 3.93. The van der Waals surface area contributed by atoms with E-state index in [9.17, 15) is 24.4 Å².